The summed E-state index contributed by atoms with van der Waals surface area (Å²) in [6.07, 6.45) is 0. The van der Waals surface area contributed by atoms with E-state index in [0.717, 1.165) is 17.7 Å². The topological polar surface area (TPSA) is 57.4 Å². The van der Waals surface area contributed by atoms with Crippen molar-refractivity contribution in [2.24, 2.45) is 0 Å². The third kappa shape index (κ3) is 4.08. The fourth-order valence-electron chi connectivity index (χ4n) is 2.77. The lowest BCUT2D eigenvalue weighted by Crippen LogP contribution is -1.97. The first kappa shape index (κ1) is 18.6. The molecule has 0 aliphatic heterocycles. The van der Waals surface area contributed by atoms with Crippen molar-refractivity contribution < 1.29 is 22.8 Å². The Labute approximate surface area is 165 Å². The normalized spacial score (nSPS) is 10.7. The van der Waals surface area contributed by atoms with Crippen LogP contribution in [0.4, 0.5) is 8.78 Å². The van der Waals surface area contributed by atoms with Gasteiger partial charge in [-0.2, -0.15) is 4.98 Å². The highest BCUT2D eigenvalue weighted by Crippen LogP contribution is 2.30. The Bertz CT molecular complexity index is 1130. The van der Waals surface area contributed by atoms with Crippen LogP contribution in [-0.2, 0) is 6.61 Å². The lowest BCUT2D eigenvalue weighted by molar-refractivity contribution is 0.305. The van der Waals surface area contributed by atoms with Gasteiger partial charge in [-0.1, -0.05) is 23.4 Å². The van der Waals surface area contributed by atoms with E-state index in [-0.39, 0.29) is 6.61 Å². The molecule has 1 aromatic heterocycles. The molecule has 0 aliphatic rings. The molecule has 0 amide bonds. The number of para-hydroxylation sites is 1. The molecule has 4 aromatic rings. The smallest absolute Gasteiger partial charge is 0.262 e. The van der Waals surface area contributed by atoms with Gasteiger partial charge in [0, 0.05) is 5.56 Å². The van der Waals surface area contributed by atoms with E-state index in [1.165, 1.54) is 6.07 Å². The molecule has 0 radical (unpaired) electrons. The number of rotatable bonds is 6. The van der Waals surface area contributed by atoms with Gasteiger partial charge in [0.15, 0.2) is 11.6 Å². The molecule has 1 heterocycles. The number of ether oxygens (including phenoxy) is 2. The van der Waals surface area contributed by atoms with Gasteiger partial charge in [0.2, 0.25) is 5.82 Å². The van der Waals surface area contributed by atoms with Crippen LogP contribution in [0.2, 0.25) is 0 Å². The lowest BCUT2D eigenvalue weighted by atomic mass is 10.2. The highest BCUT2D eigenvalue weighted by Gasteiger charge is 2.14. The molecule has 0 saturated heterocycles. The molecule has 7 heteroatoms. The summed E-state index contributed by atoms with van der Waals surface area (Å²) in [4.78, 5) is 4.42. The maximum Gasteiger partial charge on any atom is 0.262 e. The second-order valence-corrected chi connectivity index (χ2v) is 6.18. The van der Waals surface area contributed by atoms with Crippen LogP contribution in [0.15, 0.2) is 71.3 Å². The second kappa shape index (κ2) is 8.10. The minimum Gasteiger partial charge on any atom is -0.496 e. The van der Waals surface area contributed by atoms with E-state index < -0.39 is 11.6 Å². The van der Waals surface area contributed by atoms with Crippen LogP contribution >= 0.6 is 0 Å². The van der Waals surface area contributed by atoms with Gasteiger partial charge in [-0.15, -0.1) is 0 Å². The first-order valence-corrected chi connectivity index (χ1v) is 8.78. The van der Waals surface area contributed by atoms with Gasteiger partial charge < -0.3 is 14.0 Å². The summed E-state index contributed by atoms with van der Waals surface area (Å²) in [7, 11) is 1.58. The van der Waals surface area contributed by atoms with Gasteiger partial charge in [0.05, 0.1) is 12.7 Å². The molecule has 0 saturated carbocycles. The average molecular weight is 394 g/mol. The predicted molar refractivity (Wildman–Crippen MR) is 102 cm³/mol. The van der Waals surface area contributed by atoms with Crippen molar-refractivity contribution in [2.45, 2.75) is 6.61 Å². The maximum absolute atomic E-state index is 13.3. The van der Waals surface area contributed by atoms with Gasteiger partial charge in [-0.05, 0) is 54.1 Å². The van der Waals surface area contributed by atoms with Crippen LogP contribution in [0, 0.1) is 11.6 Å². The molecule has 0 aliphatic carbocycles. The number of hydrogen-bond donors (Lipinski definition) is 0. The highest BCUT2D eigenvalue weighted by molar-refractivity contribution is 5.65. The van der Waals surface area contributed by atoms with E-state index in [4.69, 9.17) is 14.0 Å². The fourth-order valence-corrected chi connectivity index (χ4v) is 2.77. The van der Waals surface area contributed by atoms with Gasteiger partial charge in [-0.25, -0.2) is 8.78 Å². The van der Waals surface area contributed by atoms with E-state index in [1.807, 2.05) is 24.3 Å². The van der Waals surface area contributed by atoms with Crippen LogP contribution < -0.4 is 9.47 Å². The van der Waals surface area contributed by atoms with Crippen molar-refractivity contribution >= 4 is 0 Å². The van der Waals surface area contributed by atoms with Crippen molar-refractivity contribution in [2.75, 3.05) is 7.11 Å². The van der Waals surface area contributed by atoms with Gasteiger partial charge >= 0.3 is 0 Å². The number of methoxy groups -OCH3 is 1. The van der Waals surface area contributed by atoms with E-state index >= 15 is 0 Å². The molecule has 29 heavy (non-hydrogen) atoms. The summed E-state index contributed by atoms with van der Waals surface area (Å²) in [6.45, 7) is 0.122. The number of halogens is 2. The molecular weight excluding hydrogens is 378 g/mol. The molecule has 0 bridgehead atoms. The van der Waals surface area contributed by atoms with Crippen LogP contribution in [0.3, 0.4) is 0 Å². The summed E-state index contributed by atoms with van der Waals surface area (Å²) >= 11 is 0. The molecule has 0 fully saturated rings. The van der Waals surface area contributed by atoms with Gasteiger partial charge in [0.1, 0.15) is 18.1 Å². The van der Waals surface area contributed by atoms with E-state index in [9.17, 15) is 8.78 Å². The molecule has 146 valence electrons. The Morgan fingerprint density at radius 2 is 1.72 bits per heavy atom. The van der Waals surface area contributed by atoms with E-state index in [2.05, 4.69) is 10.1 Å². The zero-order valence-corrected chi connectivity index (χ0v) is 15.4. The largest absolute Gasteiger partial charge is 0.496 e. The minimum atomic E-state index is -0.899. The van der Waals surface area contributed by atoms with Crippen molar-refractivity contribution in [3.63, 3.8) is 0 Å². The molecule has 5 nitrogen and oxygen atoms in total. The van der Waals surface area contributed by atoms with Crippen LogP contribution in [0.5, 0.6) is 11.5 Å². The fraction of sp³-hybridized carbons (Fsp3) is 0.0909. The number of hydrogen-bond acceptors (Lipinski definition) is 5. The van der Waals surface area contributed by atoms with E-state index in [1.54, 1.807) is 31.4 Å². The summed E-state index contributed by atoms with van der Waals surface area (Å²) in [6, 6.07) is 18.1. The Hall–Kier alpha value is -3.74. The van der Waals surface area contributed by atoms with Crippen molar-refractivity contribution in [1.82, 2.24) is 10.1 Å². The molecule has 0 spiro atoms. The zero-order valence-electron chi connectivity index (χ0n) is 15.4. The van der Waals surface area contributed by atoms with Gasteiger partial charge in [0.25, 0.3) is 5.89 Å². The Balaban J connectivity index is 1.47. The third-order valence-electron chi connectivity index (χ3n) is 4.27. The summed E-state index contributed by atoms with van der Waals surface area (Å²) in [5.74, 6) is 0.222. The third-order valence-corrected chi connectivity index (χ3v) is 4.27. The highest BCUT2D eigenvalue weighted by atomic mass is 19.2. The molecule has 0 unspecified atom stereocenters. The molecule has 4 rings (SSSR count). The zero-order chi connectivity index (χ0) is 20.2. The monoisotopic (exact) mass is 394 g/mol. The maximum atomic E-state index is 13.3. The minimum absolute atomic E-state index is 0.122. The van der Waals surface area contributed by atoms with E-state index in [0.29, 0.717) is 34.3 Å². The number of aromatic nitrogens is 2. The van der Waals surface area contributed by atoms with Crippen molar-refractivity contribution in [3.8, 4) is 34.3 Å². The average Bonchev–Trinajstić information content (AvgIpc) is 3.25. The molecule has 0 N–H and O–H groups in total. The standard InChI is InChI=1S/C22H16F2N2O3/c1-27-20-5-3-2-4-17(20)22-25-21(26-29-22)15-7-9-16(10-8-15)28-13-14-6-11-18(23)19(24)12-14/h2-12H,13H2,1H3. The number of benzene rings is 3. The summed E-state index contributed by atoms with van der Waals surface area (Å²) in [5.41, 5.74) is 1.99. The molecule has 3 aromatic carbocycles. The quantitative estimate of drug-likeness (QED) is 0.446. The molecular formula is C22H16F2N2O3. The van der Waals surface area contributed by atoms with Crippen LogP contribution in [-0.4, -0.2) is 17.3 Å². The SMILES string of the molecule is COc1ccccc1-c1nc(-c2ccc(OCc3ccc(F)c(F)c3)cc2)no1. The Morgan fingerprint density at radius 3 is 2.48 bits per heavy atom. The Morgan fingerprint density at radius 1 is 0.931 bits per heavy atom. The van der Waals surface area contributed by atoms with Gasteiger partial charge in [-0.3, -0.25) is 0 Å². The second-order valence-electron chi connectivity index (χ2n) is 6.18. The van der Waals surface area contributed by atoms with Crippen LogP contribution in [0.25, 0.3) is 22.8 Å². The summed E-state index contributed by atoms with van der Waals surface area (Å²) < 4.78 is 42.5. The van der Waals surface area contributed by atoms with Crippen molar-refractivity contribution in [1.29, 1.82) is 0 Å². The lowest BCUT2D eigenvalue weighted by Gasteiger charge is -2.07. The predicted octanol–water partition coefficient (Wildman–Crippen LogP) is 5.27. The number of nitrogens with zero attached hydrogens (tertiary/aromatic N) is 2. The van der Waals surface area contributed by atoms with Crippen molar-refractivity contribution in [3.05, 3.63) is 83.9 Å². The first-order chi connectivity index (χ1) is 14.1. The summed E-state index contributed by atoms with van der Waals surface area (Å²) in [5, 5.41) is 4.02. The Kier molecular flexibility index (Phi) is 5.20. The molecule has 0 atom stereocenters. The first-order valence-electron chi connectivity index (χ1n) is 8.78. The van der Waals surface area contributed by atoms with Crippen LogP contribution in [0.1, 0.15) is 5.56 Å².